The number of fused-ring (bicyclic) bond motifs is 3. The summed E-state index contributed by atoms with van der Waals surface area (Å²) in [4.78, 5) is 35.7. The average molecular weight is 572 g/mol. The molecular formula is C30H33N7O3S. The van der Waals surface area contributed by atoms with Crippen molar-refractivity contribution >= 4 is 50.0 Å². The molecule has 0 aliphatic carbocycles. The van der Waals surface area contributed by atoms with E-state index in [2.05, 4.69) is 27.6 Å². The van der Waals surface area contributed by atoms with Crippen LogP contribution in [0.25, 0.3) is 26.4 Å². The predicted molar refractivity (Wildman–Crippen MR) is 162 cm³/mol. The number of urea groups is 1. The van der Waals surface area contributed by atoms with Crippen LogP contribution < -0.4 is 10.6 Å². The number of nitrogens with zero attached hydrogens (tertiary/aromatic N) is 5. The Balaban J connectivity index is 1.15. The van der Waals surface area contributed by atoms with Gasteiger partial charge in [-0.05, 0) is 36.9 Å². The quantitative estimate of drug-likeness (QED) is 0.271. The molecule has 5 aromatic rings. The molecule has 0 bridgehead atoms. The summed E-state index contributed by atoms with van der Waals surface area (Å²) in [5.74, 6) is 1.13. The van der Waals surface area contributed by atoms with Crippen molar-refractivity contribution in [3.05, 3.63) is 66.1 Å². The number of nitrogens with one attached hydrogen (secondary N) is 2. The van der Waals surface area contributed by atoms with Crippen LogP contribution in [0.4, 0.5) is 16.3 Å². The number of aromatic nitrogens is 3. The van der Waals surface area contributed by atoms with Crippen molar-refractivity contribution in [3.8, 4) is 11.3 Å². The number of piperazine rings is 1. The molecule has 4 heterocycles. The Labute approximate surface area is 241 Å². The van der Waals surface area contributed by atoms with Crippen molar-refractivity contribution in [2.75, 3.05) is 43.4 Å². The zero-order chi connectivity index (χ0) is 28.7. The standard InChI is InChI=1S/C30H33N7O3S/c1-5-35-12-14-36(15-13-35)27(38)20-8-11-24-23(16-20)37-18-22(32-29(37)41-24)19-6-9-21(10-7-19)31-28(39)33-26-17-25(40-34-26)30(2,3)4/h6-11,16-18H,5,12-15H2,1-4H3,(H2,31,33,34,39). The van der Waals surface area contributed by atoms with Gasteiger partial charge in [0.05, 0.1) is 15.9 Å². The van der Waals surface area contributed by atoms with E-state index in [1.807, 2.05) is 78.7 Å². The number of likely N-dealkylation sites (N-methyl/N-ethyl adjacent to an activating group) is 1. The van der Waals surface area contributed by atoms with Crippen molar-refractivity contribution in [2.45, 2.75) is 33.1 Å². The Hall–Kier alpha value is -4.22. The molecule has 0 unspecified atom stereocenters. The maximum Gasteiger partial charge on any atom is 0.324 e. The molecule has 1 aliphatic heterocycles. The van der Waals surface area contributed by atoms with Gasteiger partial charge in [-0.1, -0.05) is 56.3 Å². The highest BCUT2D eigenvalue weighted by Gasteiger charge is 2.23. The molecule has 212 valence electrons. The summed E-state index contributed by atoms with van der Waals surface area (Å²) in [5.41, 5.74) is 3.86. The molecule has 0 saturated carbocycles. The Morgan fingerprint density at radius 2 is 1.76 bits per heavy atom. The Kier molecular flexibility index (Phi) is 7.00. The second-order valence-electron chi connectivity index (χ2n) is 11.3. The van der Waals surface area contributed by atoms with Crippen LogP contribution in [0.5, 0.6) is 0 Å². The first-order valence-corrected chi connectivity index (χ1v) is 14.6. The van der Waals surface area contributed by atoms with Crippen molar-refractivity contribution in [1.29, 1.82) is 0 Å². The monoisotopic (exact) mass is 571 g/mol. The fraction of sp³-hybridized carbons (Fsp3) is 0.333. The van der Waals surface area contributed by atoms with Gasteiger partial charge in [0.25, 0.3) is 5.91 Å². The summed E-state index contributed by atoms with van der Waals surface area (Å²) in [6.45, 7) is 12.5. The molecule has 10 nitrogen and oxygen atoms in total. The first-order chi connectivity index (χ1) is 19.7. The van der Waals surface area contributed by atoms with E-state index in [4.69, 9.17) is 9.51 Å². The van der Waals surface area contributed by atoms with Crippen LogP contribution in [0.3, 0.4) is 0 Å². The SMILES string of the molecule is CCN1CCN(C(=O)c2ccc3sc4nc(-c5ccc(NC(=O)Nc6cc(C(C)(C)C)on6)cc5)cn4c3c2)CC1. The number of hydrogen-bond donors (Lipinski definition) is 2. The lowest BCUT2D eigenvalue weighted by molar-refractivity contribution is 0.0643. The minimum atomic E-state index is -0.405. The van der Waals surface area contributed by atoms with Gasteiger partial charge >= 0.3 is 6.03 Å². The highest BCUT2D eigenvalue weighted by Crippen LogP contribution is 2.31. The van der Waals surface area contributed by atoms with Gasteiger partial charge in [-0.25, -0.2) is 9.78 Å². The van der Waals surface area contributed by atoms with Crippen LogP contribution in [-0.2, 0) is 5.41 Å². The number of hydrogen-bond acceptors (Lipinski definition) is 7. The highest BCUT2D eigenvalue weighted by molar-refractivity contribution is 7.23. The number of amides is 3. The summed E-state index contributed by atoms with van der Waals surface area (Å²) in [6.07, 6.45) is 2.00. The van der Waals surface area contributed by atoms with E-state index < -0.39 is 6.03 Å². The number of imidazole rings is 1. The summed E-state index contributed by atoms with van der Waals surface area (Å²) in [5, 5.41) is 9.44. The van der Waals surface area contributed by atoms with Crippen molar-refractivity contribution in [1.82, 2.24) is 24.3 Å². The van der Waals surface area contributed by atoms with E-state index in [1.54, 1.807) is 17.4 Å². The second-order valence-corrected chi connectivity index (χ2v) is 12.3. The molecular weight excluding hydrogens is 538 g/mol. The molecule has 0 spiro atoms. The fourth-order valence-electron chi connectivity index (χ4n) is 4.91. The predicted octanol–water partition coefficient (Wildman–Crippen LogP) is 5.92. The normalized spacial score (nSPS) is 14.6. The minimum absolute atomic E-state index is 0.0765. The highest BCUT2D eigenvalue weighted by atomic mass is 32.1. The second kappa shape index (κ2) is 10.6. The zero-order valence-electron chi connectivity index (χ0n) is 23.6. The molecule has 2 aromatic carbocycles. The number of thiazole rings is 1. The average Bonchev–Trinajstić information content (AvgIpc) is 3.68. The Bertz CT molecular complexity index is 1720. The molecule has 1 aliphatic rings. The summed E-state index contributed by atoms with van der Waals surface area (Å²) < 4.78 is 8.45. The molecule has 3 amide bonds. The summed E-state index contributed by atoms with van der Waals surface area (Å²) in [7, 11) is 0. The summed E-state index contributed by atoms with van der Waals surface area (Å²) in [6, 6.07) is 14.7. The fourth-order valence-corrected chi connectivity index (χ4v) is 5.90. The van der Waals surface area contributed by atoms with Crippen molar-refractivity contribution < 1.29 is 14.1 Å². The number of rotatable bonds is 5. The third-order valence-electron chi connectivity index (χ3n) is 7.38. The van der Waals surface area contributed by atoms with Crippen molar-refractivity contribution in [2.24, 2.45) is 0 Å². The minimum Gasteiger partial charge on any atom is -0.359 e. The first kappa shape index (κ1) is 27.0. The largest absolute Gasteiger partial charge is 0.359 e. The van der Waals surface area contributed by atoms with E-state index in [0.717, 1.165) is 59.2 Å². The van der Waals surface area contributed by atoms with Crippen molar-refractivity contribution in [3.63, 3.8) is 0 Å². The van der Waals surface area contributed by atoms with Gasteiger partial charge < -0.3 is 19.6 Å². The number of benzene rings is 2. The molecule has 6 rings (SSSR count). The smallest absolute Gasteiger partial charge is 0.324 e. The topological polar surface area (TPSA) is 108 Å². The van der Waals surface area contributed by atoms with Gasteiger partial charge in [-0.15, -0.1) is 0 Å². The molecule has 1 fully saturated rings. The van der Waals surface area contributed by atoms with E-state index in [-0.39, 0.29) is 11.3 Å². The third kappa shape index (κ3) is 5.55. The number of carbonyl (C=O) groups is 2. The van der Waals surface area contributed by atoms with Crippen LogP contribution in [-0.4, -0.2) is 69.0 Å². The maximum absolute atomic E-state index is 13.2. The third-order valence-corrected chi connectivity index (χ3v) is 8.41. The zero-order valence-corrected chi connectivity index (χ0v) is 24.4. The molecule has 0 radical (unpaired) electrons. The lowest BCUT2D eigenvalue weighted by Crippen LogP contribution is -2.48. The van der Waals surface area contributed by atoms with E-state index in [9.17, 15) is 9.59 Å². The molecule has 41 heavy (non-hydrogen) atoms. The Morgan fingerprint density at radius 3 is 2.44 bits per heavy atom. The first-order valence-electron chi connectivity index (χ1n) is 13.8. The molecule has 0 atom stereocenters. The van der Waals surface area contributed by atoms with Gasteiger partial charge in [0.1, 0.15) is 5.76 Å². The molecule has 11 heteroatoms. The van der Waals surface area contributed by atoms with Crippen LogP contribution in [0.15, 0.2) is 59.3 Å². The van der Waals surface area contributed by atoms with Crippen LogP contribution >= 0.6 is 11.3 Å². The molecule has 1 saturated heterocycles. The summed E-state index contributed by atoms with van der Waals surface area (Å²) >= 11 is 1.59. The number of anilines is 2. The Morgan fingerprint density at radius 1 is 1.00 bits per heavy atom. The van der Waals surface area contributed by atoms with Crippen LogP contribution in [0.1, 0.15) is 43.8 Å². The molecule has 2 N–H and O–H groups in total. The maximum atomic E-state index is 13.2. The van der Waals surface area contributed by atoms with Crippen LogP contribution in [0, 0.1) is 0 Å². The van der Waals surface area contributed by atoms with E-state index in [0.29, 0.717) is 22.8 Å². The van der Waals surface area contributed by atoms with Gasteiger partial charge in [0.15, 0.2) is 10.8 Å². The van der Waals surface area contributed by atoms with Crippen LogP contribution in [0.2, 0.25) is 0 Å². The lowest BCUT2D eigenvalue weighted by Gasteiger charge is -2.34. The number of carbonyl (C=O) groups excluding carboxylic acids is 2. The van der Waals surface area contributed by atoms with E-state index >= 15 is 0 Å². The lowest BCUT2D eigenvalue weighted by atomic mass is 9.93. The van der Waals surface area contributed by atoms with Gasteiger partial charge in [-0.2, -0.15) is 0 Å². The van der Waals surface area contributed by atoms with Gasteiger partial charge in [0, 0.05) is 60.7 Å². The van der Waals surface area contributed by atoms with Gasteiger partial charge in [0.2, 0.25) is 0 Å². The molecule has 3 aromatic heterocycles. The van der Waals surface area contributed by atoms with Gasteiger partial charge in [-0.3, -0.25) is 14.5 Å². The van der Waals surface area contributed by atoms with E-state index in [1.165, 1.54) is 0 Å².